The summed E-state index contributed by atoms with van der Waals surface area (Å²) >= 11 is 0. The van der Waals surface area contributed by atoms with Crippen molar-refractivity contribution in [3.8, 4) is 0 Å². The second-order valence-electron chi connectivity index (χ2n) is 2.99. The van der Waals surface area contributed by atoms with Crippen LogP contribution in [-0.2, 0) is 10.2 Å². The third kappa shape index (κ3) is 3.15. The lowest BCUT2D eigenvalue weighted by Crippen LogP contribution is -2.44. The summed E-state index contributed by atoms with van der Waals surface area (Å²) in [4.78, 5) is 0. The lowest BCUT2D eigenvalue weighted by molar-refractivity contribution is 0.267. The van der Waals surface area contributed by atoms with Crippen molar-refractivity contribution in [3.05, 3.63) is 0 Å². The molecule has 6 heteroatoms. The van der Waals surface area contributed by atoms with Gasteiger partial charge in [0, 0.05) is 12.6 Å². The Morgan fingerprint density at radius 3 is 2.36 bits per heavy atom. The van der Waals surface area contributed by atoms with Gasteiger partial charge >= 0.3 is 0 Å². The van der Waals surface area contributed by atoms with Crippen molar-refractivity contribution >= 4 is 10.2 Å². The number of hydrogen-bond donors (Lipinski definition) is 3. The molecule has 1 aliphatic carbocycles. The van der Waals surface area contributed by atoms with Crippen LogP contribution in [0, 0.1) is 5.92 Å². The Hall–Kier alpha value is -0.170. The Labute approximate surface area is 66.3 Å². The van der Waals surface area contributed by atoms with E-state index >= 15 is 0 Å². The van der Waals surface area contributed by atoms with Crippen LogP contribution in [0.3, 0.4) is 0 Å². The first kappa shape index (κ1) is 8.92. The smallest absolute Gasteiger partial charge is 0.274 e. The number of nitrogens with one attached hydrogen (secondary N) is 1. The topological polar surface area (TPSA) is 98.2 Å². The molecule has 0 amide bonds. The molecule has 11 heavy (non-hydrogen) atoms. The van der Waals surface area contributed by atoms with Crippen molar-refractivity contribution in [1.29, 1.82) is 0 Å². The van der Waals surface area contributed by atoms with E-state index in [1.54, 1.807) is 0 Å². The van der Waals surface area contributed by atoms with E-state index in [4.69, 9.17) is 10.9 Å². The van der Waals surface area contributed by atoms with Crippen molar-refractivity contribution in [3.63, 3.8) is 0 Å². The Morgan fingerprint density at radius 1 is 1.45 bits per heavy atom. The summed E-state index contributed by atoms with van der Waals surface area (Å²) in [5, 5.41) is 4.73. The molecule has 1 fully saturated rings. The lowest BCUT2D eigenvalue weighted by Gasteiger charge is -2.31. The zero-order valence-electron chi connectivity index (χ0n) is 6.16. The predicted molar refractivity (Wildman–Crippen MR) is 41.8 cm³/mol. The first-order valence-electron chi connectivity index (χ1n) is 3.50. The highest BCUT2D eigenvalue weighted by atomic mass is 32.2. The standard InChI is InChI=1S/C5H13N3O2S/c6-5-1-4(2-5)3-8-11(7,9)10/h4-5,8H,1-3,6H2,(H2,7,9,10). The quantitative estimate of drug-likeness (QED) is 0.492. The Balaban J connectivity index is 2.15. The van der Waals surface area contributed by atoms with Crippen molar-refractivity contribution in [2.24, 2.45) is 16.8 Å². The van der Waals surface area contributed by atoms with Crippen molar-refractivity contribution in [2.75, 3.05) is 6.54 Å². The highest BCUT2D eigenvalue weighted by Crippen LogP contribution is 2.24. The van der Waals surface area contributed by atoms with Gasteiger partial charge in [0.25, 0.3) is 10.2 Å². The molecule has 0 unspecified atom stereocenters. The van der Waals surface area contributed by atoms with Gasteiger partial charge in [0.05, 0.1) is 0 Å². The summed E-state index contributed by atoms with van der Waals surface area (Å²) in [6, 6.07) is 0.252. The number of rotatable bonds is 3. The van der Waals surface area contributed by atoms with Crippen LogP contribution in [0.25, 0.3) is 0 Å². The molecule has 0 saturated heterocycles. The van der Waals surface area contributed by atoms with Crippen LogP contribution in [-0.4, -0.2) is 21.0 Å². The monoisotopic (exact) mass is 179 g/mol. The van der Waals surface area contributed by atoms with E-state index in [0.29, 0.717) is 12.5 Å². The molecule has 0 heterocycles. The molecule has 0 aliphatic heterocycles. The van der Waals surface area contributed by atoms with Crippen LogP contribution in [0.15, 0.2) is 0 Å². The number of nitrogens with two attached hydrogens (primary N) is 2. The maximum absolute atomic E-state index is 10.4. The van der Waals surface area contributed by atoms with Crippen molar-refractivity contribution in [2.45, 2.75) is 18.9 Å². The molecule has 1 rings (SSSR count). The summed E-state index contributed by atoms with van der Waals surface area (Å²) in [6.45, 7) is 0.423. The van der Waals surface area contributed by atoms with Gasteiger partial charge in [0.1, 0.15) is 0 Å². The van der Waals surface area contributed by atoms with E-state index in [1.807, 2.05) is 0 Å². The average molecular weight is 179 g/mol. The molecule has 0 aromatic heterocycles. The van der Waals surface area contributed by atoms with E-state index in [-0.39, 0.29) is 6.04 Å². The molecular formula is C5H13N3O2S. The van der Waals surface area contributed by atoms with E-state index in [1.165, 1.54) is 0 Å². The summed E-state index contributed by atoms with van der Waals surface area (Å²) in [7, 11) is -3.50. The van der Waals surface area contributed by atoms with Crippen molar-refractivity contribution < 1.29 is 8.42 Å². The van der Waals surface area contributed by atoms with E-state index in [0.717, 1.165) is 12.8 Å². The van der Waals surface area contributed by atoms with Gasteiger partial charge < -0.3 is 5.73 Å². The fraction of sp³-hybridized carbons (Fsp3) is 1.00. The fourth-order valence-electron chi connectivity index (χ4n) is 1.19. The van der Waals surface area contributed by atoms with E-state index < -0.39 is 10.2 Å². The zero-order chi connectivity index (χ0) is 8.48. The van der Waals surface area contributed by atoms with Crippen molar-refractivity contribution in [1.82, 2.24) is 4.72 Å². The predicted octanol–water partition coefficient (Wildman–Crippen LogP) is -1.48. The first-order chi connectivity index (χ1) is 4.97. The summed E-state index contributed by atoms with van der Waals surface area (Å²) in [6.07, 6.45) is 1.78. The SMILES string of the molecule is NC1CC(CNS(N)(=O)=O)C1. The van der Waals surface area contributed by atoms with Crippen LogP contribution < -0.4 is 15.6 Å². The molecule has 5 N–H and O–H groups in total. The molecule has 66 valence electrons. The highest BCUT2D eigenvalue weighted by Gasteiger charge is 2.26. The average Bonchev–Trinajstić information content (AvgIpc) is 1.75. The van der Waals surface area contributed by atoms with Gasteiger partial charge in [-0.3, -0.25) is 0 Å². The van der Waals surface area contributed by atoms with Gasteiger partial charge in [0.2, 0.25) is 0 Å². The molecule has 0 bridgehead atoms. The van der Waals surface area contributed by atoms with E-state index in [9.17, 15) is 8.42 Å². The maximum Gasteiger partial charge on any atom is 0.274 e. The van der Waals surface area contributed by atoms with Gasteiger partial charge in [-0.05, 0) is 18.8 Å². The molecule has 1 saturated carbocycles. The van der Waals surface area contributed by atoms with Gasteiger partial charge in [-0.25, -0.2) is 9.86 Å². The maximum atomic E-state index is 10.4. The third-order valence-corrected chi connectivity index (χ3v) is 2.41. The molecule has 0 spiro atoms. The van der Waals surface area contributed by atoms with Crippen LogP contribution in [0.2, 0.25) is 0 Å². The molecule has 0 aromatic rings. The second-order valence-corrected chi connectivity index (χ2v) is 4.37. The molecule has 0 radical (unpaired) electrons. The Kier molecular flexibility index (Phi) is 2.48. The normalized spacial score (nSPS) is 31.5. The third-order valence-electron chi connectivity index (χ3n) is 1.85. The molecule has 1 aliphatic rings. The largest absolute Gasteiger partial charge is 0.328 e. The van der Waals surface area contributed by atoms with Gasteiger partial charge in [-0.1, -0.05) is 0 Å². The molecule has 5 nitrogen and oxygen atoms in total. The van der Waals surface area contributed by atoms with Crippen LogP contribution in [0.1, 0.15) is 12.8 Å². The Bertz CT molecular complexity index is 220. The van der Waals surface area contributed by atoms with Crippen LogP contribution in [0.5, 0.6) is 0 Å². The molecule has 0 aromatic carbocycles. The van der Waals surface area contributed by atoms with Gasteiger partial charge in [-0.15, -0.1) is 0 Å². The fourth-order valence-corrected chi connectivity index (χ4v) is 1.66. The minimum atomic E-state index is -3.50. The first-order valence-corrected chi connectivity index (χ1v) is 5.05. The van der Waals surface area contributed by atoms with Crippen LogP contribution in [0.4, 0.5) is 0 Å². The van der Waals surface area contributed by atoms with E-state index in [2.05, 4.69) is 4.72 Å². The molecular weight excluding hydrogens is 166 g/mol. The van der Waals surface area contributed by atoms with Crippen LogP contribution >= 0.6 is 0 Å². The second kappa shape index (κ2) is 3.06. The Morgan fingerprint density at radius 2 is 2.00 bits per heavy atom. The van der Waals surface area contributed by atoms with Gasteiger partial charge in [-0.2, -0.15) is 8.42 Å². The summed E-state index contributed by atoms with van der Waals surface area (Å²) in [5.41, 5.74) is 5.50. The minimum Gasteiger partial charge on any atom is -0.328 e. The number of hydrogen-bond acceptors (Lipinski definition) is 3. The minimum absolute atomic E-state index is 0.252. The van der Waals surface area contributed by atoms with Gasteiger partial charge in [0.15, 0.2) is 0 Å². The highest BCUT2D eigenvalue weighted by molar-refractivity contribution is 7.87. The summed E-state index contributed by atoms with van der Waals surface area (Å²) < 4.78 is 23.0. The lowest BCUT2D eigenvalue weighted by atomic mass is 9.81. The molecule has 0 atom stereocenters. The zero-order valence-corrected chi connectivity index (χ0v) is 6.97. The summed E-state index contributed by atoms with van der Waals surface area (Å²) in [5.74, 6) is 0.378.